The number of hydrogen-bond acceptors (Lipinski definition) is 1. The van der Waals surface area contributed by atoms with Crippen LogP contribution in [0.4, 0.5) is 0 Å². The van der Waals surface area contributed by atoms with E-state index in [0.29, 0.717) is 5.91 Å². The van der Waals surface area contributed by atoms with Gasteiger partial charge in [0.15, 0.2) is 0 Å². The van der Waals surface area contributed by atoms with Gasteiger partial charge in [-0.3, -0.25) is 4.79 Å². The molecule has 0 aromatic rings. The van der Waals surface area contributed by atoms with Gasteiger partial charge in [-0.1, -0.05) is 15.9 Å². The van der Waals surface area contributed by atoms with Crippen LogP contribution in [0.3, 0.4) is 0 Å². The molecule has 68 valence electrons. The second kappa shape index (κ2) is 3.36. The van der Waals surface area contributed by atoms with Crippen LogP contribution in [0.15, 0.2) is 0 Å². The Morgan fingerprint density at radius 1 is 1.42 bits per heavy atom. The molecule has 1 unspecified atom stereocenters. The lowest BCUT2D eigenvalue weighted by molar-refractivity contribution is -0.132. The van der Waals surface area contributed by atoms with Crippen LogP contribution in [-0.2, 0) is 4.79 Å². The van der Waals surface area contributed by atoms with Crippen LogP contribution >= 0.6 is 15.9 Å². The van der Waals surface area contributed by atoms with Gasteiger partial charge < -0.3 is 4.90 Å². The standard InChI is InChI=1S/C9H14BrNO/c10-8-2-1-5-11(9(8)12)6-7-3-4-7/h7-8H,1-6H2. The number of nitrogens with zero attached hydrogens (tertiary/aromatic N) is 1. The van der Waals surface area contributed by atoms with Crippen molar-refractivity contribution in [1.82, 2.24) is 4.90 Å². The van der Waals surface area contributed by atoms with Crippen molar-refractivity contribution in [3.8, 4) is 0 Å². The summed E-state index contributed by atoms with van der Waals surface area (Å²) in [6.07, 6.45) is 4.84. The van der Waals surface area contributed by atoms with E-state index in [1.165, 1.54) is 12.8 Å². The van der Waals surface area contributed by atoms with Crippen molar-refractivity contribution in [2.45, 2.75) is 30.5 Å². The smallest absolute Gasteiger partial charge is 0.236 e. The molecule has 1 heterocycles. The molecule has 2 nitrogen and oxygen atoms in total. The minimum Gasteiger partial charge on any atom is -0.341 e. The van der Waals surface area contributed by atoms with E-state index >= 15 is 0 Å². The molecule has 12 heavy (non-hydrogen) atoms. The number of piperidine rings is 1. The van der Waals surface area contributed by atoms with Crippen LogP contribution in [0.1, 0.15) is 25.7 Å². The summed E-state index contributed by atoms with van der Waals surface area (Å²) in [6.45, 7) is 2.00. The van der Waals surface area contributed by atoms with Crippen molar-refractivity contribution >= 4 is 21.8 Å². The van der Waals surface area contributed by atoms with E-state index in [9.17, 15) is 4.79 Å². The summed E-state index contributed by atoms with van der Waals surface area (Å²) in [5.41, 5.74) is 0. The molecule has 0 aromatic carbocycles. The van der Waals surface area contributed by atoms with E-state index in [1.54, 1.807) is 0 Å². The van der Waals surface area contributed by atoms with Gasteiger partial charge in [-0.2, -0.15) is 0 Å². The molecule has 1 amide bonds. The van der Waals surface area contributed by atoms with E-state index in [1.807, 2.05) is 4.90 Å². The van der Waals surface area contributed by atoms with E-state index in [-0.39, 0.29) is 4.83 Å². The molecule has 2 aliphatic rings. The molecule has 1 saturated heterocycles. The van der Waals surface area contributed by atoms with Crippen molar-refractivity contribution in [2.24, 2.45) is 5.92 Å². The molecule has 0 radical (unpaired) electrons. The molecule has 1 saturated carbocycles. The average Bonchev–Trinajstić information content (AvgIpc) is 2.83. The molecule has 2 rings (SSSR count). The topological polar surface area (TPSA) is 20.3 Å². The third kappa shape index (κ3) is 1.82. The fourth-order valence-corrected chi connectivity index (χ4v) is 2.30. The van der Waals surface area contributed by atoms with Crippen LogP contribution in [0.5, 0.6) is 0 Å². The number of halogens is 1. The lowest BCUT2D eigenvalue weighted by atomic mass is 10.1. The molecule has 0 spiro atoms. The van der Waals surface area contributed by atoms with E-state index < -0.39 is 0 Å². The number of hydrogen-bond donors (Lipinski definition) is 0. The molecule has 3 heteroatoms. The number of carbonyl (C=O) groups is 1. The SMILES string of the molecule is O=C1C(Br)CCCN1CC1CC1. The molecular weight excluding hydrogens is 218 g/mol. The fourth-order valence-electron chi connectivity index (χ4n) is 1.69. The number of amides is 1. The first-order valence-electron chi connectivity index (χ1n) is 4.70. The van der Waals surface area contributed by atoms with Crippen molar-refractivity contribution in [3.63, 3.8) is 0 Å². The number of likely N-dealkylation sites (tertiary alicyclic amines) is 1. The predicted molar refractivity (Wildman–Crippen MR) is 51.3 cm³/mol. The highest BCUT2D eigenvalue weighted by Gasteiger charge is 2.31. The third-order valence-corrected chi connectivity index (χ3v) is 3.49. The van der Waals surface area contributed by atoms with E-state index in [2.05, 4.69) is 15.9 Å². The Balaban J connectivity index is 1.89. The highest BCUT2D eigenvalue weighted by Crippen LogP contribution is 2.31. The number of alkyl halides is 1. The molecular formula is C9H14BrNO. The molecule has 1 aliphatic heterocycles. The molecule has 0 bridgehead atoms. The van der Waals surface area contributed by atoms with E-state index in [4.69, 9.17) is 0 Å². The second-order valence-corrected chi connectivity index (χ2v) is 4.94. The Morgan fingerprint density at radius 2 is 2.17 bits per heavy atom. The summed E-state index contributed by atoms with van der Waals surface area (Å²) >= 11 is 3.41. The maximum atomic E-state index is 11.6. The van der Waals surface area contributed by atoms with Crippen molar-refractivity contribution < 1.29 is 4.79 Å². The van der Waals surface area contributed by atoms with Gasteiger partial charge in [0, 0.05) is 13.1 Å². The number of rotatable bonds is 2. The van der Waals surface area contributed by atoms with Gasteiger partial charge in [0.1, 0.15) is 0 Å². The fraction of sp³-hybridized carbons (Fsp3) is 0.889. The van der Waals surface area contributed by atoms with Crippen LogP contribution < -0.4 is 0 Å². The first kappa shape index (κ1) is 8.54. The average molecular weight is 232 g/mol. The summed E-state index contributed by atoms with van der Waals surface area (Å²) in [5.74, 6) is 1.14. The zero-order valence-electron chi connectivity index (χ0n) is 7.13. The van der Waals surface area contributed by atoms with Gasteiger partial charge in [-0.25, -0.2) is 0 Å². The van der Waals surface area contributed by atoms with Gasteiger partial charge >= 0.3 is 0 Å². The first-order chi connectivity index (χ1) is 5.77. The Bertz CT molecular complexity index is 191. The van der Waals surface area contributed by atoms with Crippen LogP contribution in [-0.4, -0.2) is 28.7 Å². The van der Waals surface area contributed by atoms with Gasteiger partial charge in [0.25, 0.3) is 0 Å². The molecule has 1 aliphatic carbocycles. The minimum atomic E-state index is 0.102. The van der Waals surface area contributed by atoms with E-state index in [0.717, 1.165) is 31.8 Å². The van der Waals surface area contributed by atoms with Crippen LogP contribution in [0.25, 0.3) is 0 Å². The normalized spacial score (nSPS) is 30.9. The summed E-state index contributed by atoms with van der Waals surface area (Å²) < 4.78 is 0. The minimum absolute atomic E-state index is 0.102. The van der Waals surface area contributed by atoms with Gasteiger partial charge in [0.2, 0.25) is 5.91 Å². The van der Waals surface area contributed by atoms with Gasteiger partial charge in [-0.15, -0.1) is 0 Å². The highest BCUT2D eigenvalue weighted by atomic mass is 79.9. The summed E-state index contributed by atoms with van der Waals surface area (Å²) in [5, 5.41) is 0. The molecule has 0 aromatic heterocycles. The maximum absolute atomic E-state index is 11.6. The first-order valence-corrected chi connectivity index (χ1v) is 5.62. The predicted octanol–water partition coefficient (Wildman–Crippen LogP) is 1.78. The summed E-state index contributed by atoms with van der Waals surface area (Å²) in [4.78, 5) is 13.7. The van der Waals surface area contributed by atoms with Gasteiger partial charge in [-0.05, 0) is 31.6 Å². The quantitative estimate of drug-likeness (QED) is 0.664. The zero-order chi connectivity index (χ0) is 8.55. The number of carbonyl (C=O) groups excluding carboxylic acids is 1. The van der Waals surface area contributed by atoms with Crippen molar-refractivity contribution in [2.75, 3.05) is 13.1 Å². The highest BCUT2D eigenvalue weighted by molar-refractivity contribution is 9.10. The largest absolute Gasteiger partial charge is 0.341 e. The zero-order valence-corrected chi connectivity index (χ0v) is 8.72. The Labute approximate surface area is 81.4 Å². The second-order valence-electron chi connectivity index (χ2n) is 3.84. The van der Waals surface area contributed by atoms with Crippen molar-refractivity contribution in [1.29, 1.82) is 0 Å². The third-order valence-electron chi connectivity index (χ3n) is 2.64. The van der Waals surface area contributed by atoms with Crippen molar-refractivity contribution in [3.05, 3.63) is 0 Å². The lowest BCUT2D eigenvalue weighted by Crippen LogP contribution is -2.42. The Morgan fingerprint density at radius 3 is 2.83 bits per heavy atom. The Hall–Kier alpha value is -0.0500. The molecule has 1 atom stereocenters. The van der Waals surface area contributed by atoms with Crippen LogP contribution in [0.2, 0.25) is 0 Å². The molecule has 0 N–H and O–H groups in total. The summed E-state index contributed by atoms with van der Waals surface area (Å²) in [6, 6.07) is 0. The lowest BCUT2D eigenvalue weighted by Gasteiger charge is -2.29. The Kier molecular flexibility index (Phi) is 2.40. The molecule has 2 fully saturated rings. The van der Waals surface area contributed by atoms with Crippen LogP contribution in [0, 0.1) is 5.92 Å². The monoisotopic (exact) mass is 231 g/mol. The maximum Gasteiger partial charge on any atom is 0.236 e. The summed E-state index contributed by atoms with van der Waals surface area (Å²) in [7, 11) is 0. The van der Waals surface area contributed by atoms with Gasteiger partial charge in [0.05, 0.1) is 4.83 Å².